The normalized spacial score (nSPS) is 11.7. The van der Waals surface area contributed by atoms with Crippen molar-refractivity contribution < 1.29 is 9.90 Å². The maximum absolute atomic E-state index is 10.5. The first-order valence-electron chi connectivity index (χ1n) is 3.84. The summed E-state index contributed by atoms with van der Waals surface area (Å²) in [6.45, 7) is 0. The summed E-state index contributed by atoms with van der Waals surface area (Å²) in [6.07, 6.45) is 0. The van der Waals surface area contributed by atoms with Crippen LogP contribution in [-0.2, 0) is 4.79 Å². The summed E-state index contributed by atoms with van der Waals surface area (Å²) < 4.78 is 0. The van der Waals surface area contributed by atoms with Gasteiger partial charge in [0.15, 0.2) is 0 Å². The Morgan fingerprint density at radius 2 is 2.21 bits per heavy atom. The Hall–Kier alpha value is -2.06. The van der Waals surface area contributed by atoms with Crippen LogP contribution in [0.1, 0.15) is 17.2 Å². The van der Waals surface area contributed by atoms with Crippen LogP contribution in [-0.4, -0.2) is 11.1 Å². The zero-order valence-corrected chi connectivity index (χ0v) is 7.27. The van der Waals surface area contributed by atoms with Crippen LogP contribution >= 0.6 is 0 Å². The molecule has 1 atom stereocenters. The molecule has 5 heteroatoms. The second-order valence-electron chi connectivity index (χ2n) is 2.77. The number of aliphatic carboxylic acids is 1. The lowest BCUT2D eigenvalue weighted by Gasteiger charge is -2.07. The lowest BCUT2D eigenvalue weighted by molar-refractivity contribution is -0.138. The molecule has 0 aliphatic rings. The molecule has 5 nitrogen and oxygen atoms in total. The van der Waals surface area contributed by atoms with Crippen LogP contribution in [0.5, 0.6) is 0 Å². The molecule has 1 aromatic carbocycles. The molecule has 0 heterocycles. The molecule has 0 amide bonds. The lowest BCUT2D eigenvalue weighted by atomic mass is 10.0. The van der Waals surface area contributed by atoms with Gasteiger partial charge in [0.25, 0.3) is 0 Å². The van der Waals surface area contributed by atoms with Gasteiger partial charge in [-0.05, 0) is 17.7 Å². The van der Waals surface area contributed by atoms with E-state index in [1.807, 2.05) is 6.07 Å². The lowest BCUT2D eigenvalue weighted by Crippen LogP contribution is -2.20. The van der Waals surface area contributed by atoms with Gasteiger partial charge in [-0.25, -0.2) is 0 Å². The molecular formula is C9H9N3O2. The maximum Gasteiger partial charge on any atom is 0.325 e. The van der Waals surface area contributed by atoms with Gasteiger partial charge in [0.2, 0.25) is 0 Å². The van der Waals surface area contributed by atoms with Crippen LogP contribution < -0.4 is 11.5 Å². The van der Waals surface area contributed by atoms with E-state index in [-0.39, 0.29) is 5.56 Å². The van der Waals surface area contributed by atoms with Crippen molar-refractivity contribution in [3.63, 3.8) is 0 Å². The molecule has 1 rings (SSSR count). The van der Waals surface area contributed by atoms with Gasteiger partial charge in [0.05, 0.1) is 5.56 Å². The third-order valence-electron chi connectivity index (χ3n) is 1.82. The third-order valence-corrected chi connectivity index (χ3v) is 1.82. The van der Waals surface area contributed by atoms with Crippen LogP contribution in [0.25, 0.3) is 0 Å². The molecule has 1 aromatic rings. The van der Waals surface area contributed by atoms with Crippen molar-refractivity contribution in [2.45, 2.75) is 6.04 Å². The van der Waals surface area contributed by atoms with Crippen molar-refractivity contribution >= 4 is 11.7 Å². The molecule has 0 fully saturated rings. The quantitative estimate of drug-likeness (QED) is 0.579. The van der Waals surface area contributed by atoms with Gasteiger partial charge in [-0.2, -0.15) is 5.26 Å². The number of hydrogen-bond donors (Lipinski definition) is 3. The summed E-state index contributed by atoms with van der Waals surface area (Å²) in [7, 11) is 0. The number of hydrogen-bond acceptors (Lipinski definition) is 4. The number of nitrogens with zero attached hydrogens (tertiary/aromatic N) is 1. The van der Waals surface area contributed by atoms with Gasteiger partial charge in [-0.1, -0.05) is 6.07 Å². The van der Waals surface area contributed by atoms with Crippen molar-refractivity contribution in [2.24, 2.45) is 5.73 Å². The zero-order chi connectivity index (χ0) is 10.7. The second-order valence-corrected chi connectivity index (χ2v) is 2.77. The summed E-state index contributed by atoms with van der Waals surface area (Å²) >= 11 is 0. The van der Waals surface area contributed by atoms with E-state index in [1.54, 1.807) is 0 Å². The van der Waals surface area contributed by atoms with E-state index in [2.05, 4.69) is 0 Å². The summed E-state index contributed by atoms with van der Waals surface area (Å²) in [6, 6.07) is 5.08. The molecule has 0 bridgehead atoms. The second kappa shape index (κ2) is 3.77. The number of nitriles is 1. The van der Waals surface area contributed by atoms with E-state index in [1.165, 1.54) is 18.2 Å². The van der Waals surface area contributed by atoms with Crippen LogP contribution in [0.2, 0.25) is 0 Å². The predicted octanol–water partition coefficient (Wildman–Crippen LogP) is 0.225. The van der Waals surface area contributed by atoms with Gasteiger partial charge in [0, 0.05) is 5.69 Å². The van der Waals surface area contributed by atoms with Crippen molar-refractivity contribution in [2.75, 3.05) is 5.73 Å². The largest absolute Gasteiger partial charge is 0.480 e. The molecule has 72 valence electrons. The molecule has 0 saturated carbocycles. The SMILES string of the molecule is N#Cc1cc(C(N)C(=O)O)ccc1N. The van der Waals surface area contributed by atoms with Gasteiger partial charge in [-0.3, -0.25) is 4.79 Å². The number of carbonyl (C=O) groups is 1. The highest BCUT2D eigenvalue weighted by Crippen LogP contribution is 2.17. The van der Waals surface area contributed by atoms with Crippen LogP contribution in [0, 0.1) is 11.3 Å². The molecule has 0 aliphatic heterocycles. The number of carboxylic acid groups (broad SMARTS) is 1. The molecule has 0 radical (unpaired) electrons. The van der Waals surface area contributed by atoms with E-state index in [0.717, 1.165) is 0 Å². The molecule has 0 saturated heterocycles. The molecule has 0 aliphatic carbocycles. The Labute approximate surface area is 80.6 Å². The van der Waals surface area contributed by atoms with Crippen LogP contribution in [0.15, 0.2) is 18.2 Å². The highest BCUT2D eigenvalue weighted by atomic mass is 16.4. The summed E-state index contributed by atoms with van der Waals surface area (Å²) in [5.74, 6) is -1.14. The Balaban J connectivity index is 3.14. The fourth-order valence-corrected chi connectivity index (χ4v) is 1.01. The van der Waals surface area contributed by atoms with Gasteiger partial charge in [0.1, 0.15) is 12.1 Å². The number of anilines is 1. The summed E-state index contributed by atoms with van der Waals surface area (Å²) in [4.78, 5) is 10.5. The first-order valence-corrected chi connectivity index (χ1v) is 3.84. The fraction of sp³-hybridized carbons (Fsp3) is 0.111. The monoisotopic (exact) mass is 191 g/mol. The Bertz CT molecular complexity index is 409. The van der Waals surface area contributed by atoms with Crippen molar-refractivity contribution in [3.8, 4) is 6.07 Å². The highest BCUT2D eigenvalue weighted by molar-refractivity contribution is 5.76. The first kappa shape index (κ1) is 10.0. The minimum Gasteiger partial charge on any atom is -0.480 e. The first-order chi connectivity index (χ1) is 6.56. The number of benzene rings is 1. The summed E-state index contributed by atoms with van der Waals surface area (Å²) in [5, 5.41) is 17.3. The molecule has 14 heavy (non-hydrogen) atoms. The van der Waals surface area contributed by atoms with Crippen molar-refractivity contribution in [3.05, 3.63) is 29.3 Å². The smallest absolute Gasteiger partial charge is 0.325 e. The zero-order valence-electron chi connectivity index (χ0n) is 7.27. The standard InChI is InChI=1S/C9H9N3O2/c10-4-6-3-5(1-2-7(6)11)8(12)9(13)14/h1-3,8H,11-12H2,(H,13,14). The van der Waals surface area contributed by atoms with Crippen LogP contribution in [0.3, 0.4) is 0 Å². The van der Waals surface area contributed by atoms with Crippen molar-refractivity contribution in [1.29, 1.82) is 5.26 Å². The average Bonchev–Trinajstić information content (AvgIpc) is 2.17. The third kappa shape index (κ3) is 1.81. The fourth-order valence-electron chi connectivity index (χ4n) is 1.01. The minimum absolute atomic E-state index is 0.235. The molecule has 0 aromatic heterocycles. The number of carboxylic acids is 1. The van der Waals surface area contributed by atoms with Gasteiger partial charge >= 0.3 is 5.97 Å². The molecule has 5 N–H and O–H groups in total. The topological polar surface area (TPSA) is 113 Å². The minimum atomic E-state index is -1.14. The van der Waals surface area contributed by atoms with Gasteiger partial charge < -0.3 is 16.6 Å². The Morgan fingerprint density at radius 3 is 2.71 bits per heavy atom. The average molecular weight is 191 g/mol. The molecule has 0 spiro atoms. The van der Waals surface area contributed by atoms with E-state index < -0.39 is 12.0 Å². The summed E-state index contributed by atoms with van der Waals surface area (Å²) in [5.41, 5.74) is 11.7. The predicted molar refractivity (Wildman–Crippen MR) is 50.1 cm³/mol. The maximum atomic E-state index is 10.5. The number of nitrogens with two attached hydrogens (primary N) is 2. The van der Waals surface area contributed by atoms with Crippen LogP contribution in [0.4, 0.5) is 5.69 Å². The Kier molecular flexibility index (Phi) is 2.70. The number of nitrogen functional groups attached to an aromatic ring is 1. The van der Waals surface area contributed by atoms with E-state index in [0.29, 0.717) is 11.3 Å². The van der Waals surface area contributed by atoms with Crippen molar-refractivity contribution in [1.82, 2.24) is 0 Å². The van der Waals surface area contributed by atoms with E-state index in [4.69, 9.17) is 21.8 Å². The highest BCUT2D eigenvalue weighted by Gasteiger charge is 2.14. The van der Waals surface area contributed by atoms with E-state index >= 15 is 0 Å². The number of rotatable bonds is 2. The Morgan fingerprint density at radius 1 is 1.57 bits per heavy atom. The molecule has 1 unspecified atom stereocenters. The van der Waals surface area contributed by atoms with E-state index in [9.17, 15) is 4.79 Å². The molecular weight excluding hydrogens is 182 g/mol. The van der Waals surface area contributed by atoms with Gasteiger partial charge in [-0.15, -0.1) is 0 Å².